The van der Waals surface area contributed by atoms with E-state index in [2.05, 4.69) is 16.0 Å². The minimum atomic E-state index is -0.450. The van der Waals surface area contributed by atoms with Crippen LogP contribution in [0.15, 0.2) is 48.5 Å². The number of hydrogen-bond acceptors (Lipinski definition) is 3. The van der Waals surface area contributed by atoms with Gasteiger partial charge in [0.25, 0.3) is 0 Å². The van der Waals surface area contributed by atoms with Crippen LogP contribution in [-0.4, -0.2) is 17.9 Å². The van der Waals surface area contributed by atoms with Gasteiger partial charge >= 0.3 is 0 Å². The number of halogens is 1. The van der Waals surface area contributed by atoms with Crippen molar-refractivity contribution >= 4 is 23.2 Å². The van der Waals surface area contributed by atoms with Gasteiger partial charge in [-0.05, 0) is 55.8 Å². The summed E-state index contributed by atoms with van der Waals surface area (Å²) < 4.78 is 13.0. The fourth-order valence-corrected chi connectivity index (χ4v) is 2.34. The molecule has 2 aromatic carbocycles. The van der Waals surface area contributed by atoms with Crippen LogP contribution in [0.3, 0.4) is 0 Å². The number of anilines is 2. The highest BCUT2D eigenvalue weighted by atomic mass is 19.1. The Bertz CT molecular complexity index is 729. The van der Waals surface area contributed by atoms with Crippen molar-refractivity contribution in [1.82, 2.24) is 5.32 Å². The first kappa shape index (κ1) is 18.4. The van der Waals surface area contributed by atoms with Gasteiger partial charge in [-0.1, -0.05) is 12.1 Å². The number of hydrogen-bond donors (Lipinski definition) is 3. The minimum absolute atomic E-state index is 0.136. The molecule has 0 radical (unpaired) electrons. The lowest BCUT2D eigenvalue weighted by Crippen LogP contribution is -2.38. The molecule has 0 saturated heterocycles. The Kier molecular flexibility index (Phi) is 6.11. The SMILES string of the molecule is CC(=O)Nc1ccc(N[C@@H](C)C(=O)N[C@@H](C)c2ccc(F)cc2)cc1. The molecule has 25 heavy (non-hydrogen) atoms. The maximum absolute atomic E-state index is 13.0. The van der Waals surface area contributed by atoms with Crippen LogP contribution in [0.4, 0.5) is 15.8 Å². The molecular weight excluding hydrogens is 321 g/mol. The van der Waals surface area contributed by atoms with Gasteiger partial charge in [0.05, 0.1) is 6.04 Å². The lowest BCUT2D eigenvalue weighted by molar-refractivity contribution is -0.122. The van der Waals surface area contributed by atoms with Crippen molar-refractivity contribution < 1.29 is 14.0 Å². The second-order valence-corrected chi connectivity index (χ2v) is 5.91. The van der Waals surface area contributed by atoms with Gasteiger partial charge in [-0.2, -0.15) is 0 Å². The number of rotatable bonds is 6. The van der Waals surface area contributed by atoms with Gasteiger partial charge in [-0.15, -0.1) is 0 Å². The highest BCUT2D eigenvalue weighted by Gasteiger charge is 2.16. The van der Waals surface area contributed by atoms with E-state index < -0.39 is 6.04 Å². The second kappa shape index (κ2) is 8.28. The van der Waals surface area contributed by atoms with Crippen molar-refractivity contribution in [2.75, 3.05) is 10.6 Å². The van der Waals surface area contributed by atoms with Crippen LogP contribution >= 0.6 is 0 Å². The third kappa shape index (κ3) is 5.60. The van der Waals surface area contributed by atoms with E-state index in [0.717, 1.165) is 11.3 Å². The van der Waals surface area contributed by atoms with Gasteiger partial charge in [0, 0.05) is 18.3 Å². The average Bonchev–Trinajstić information content (AvgIpc) is 2.56. The van der Waals surface area contributed by atoms with Crippen molar-refractivity contribution in [3.8, 4) is 0 Å². The molecule has 6 heteroatoms. The summed E-state index contributed by atoms with van der Waals surface area (Å²) in [6, 6.07) is 12.5. The Morgan fingerprint density at radius 1 is 0.920 bits per heavy atom. The normalized spacial score (nSPS) is 12.8. The lowest BCUT2D eigenvalue weighted by atomic mass is 10.1. The number of benzene rings is 2. The second-order valence-electron chi connectivity index (χ2n) is 5.91. The average molecular weight is 343 g/mol. The smallest absolute Gasteiger partial charge is 0.242 e. The molecule has 0 unspecified atom stereocenters. The van der Waals surface area contributed by atoms with Gasteiger partial charge in [0.1, 0.15) is 11.9 Å². The summed E-state index contributed by atoms with van der Waals surface area (Å²) in [7, 11) is 0. The van der Waals surface area contributed by atoms with Crippen LogP contribution in [0.2, 0.25) is 0 Å². The fourth-order valence-electron chi connectivity index (χ4n) is 2.34. The van der Waals surface area contributed by atoms with E-state index in [1.807, 2.05) is 6.92 Å². The standard InChI is InChI=1S/C19H22FN3O2/c1-12(15-4-6-16(20)7-5-15)22-19(25)13(2)21-17-8-10-18(11-9-17)23-14(3)24/h4-13,21H,1-3H3,(H,22,25)(H,23,24)/t12-,13-/m0/s1. The molecule has 2 aromatic rings. The van der Waals surface area contributed by atoms with Crippen molar-refractivity contribution in [1.29, 1.82) is 0 Å². The lowest BCUT2D eigenvalue weighted by Gasteiger charge is -2.19. The molecule has 0 fully saturated rings. The Balaban J connectivity index is 1.91. The summed E-state index contributed by atoms with van der Waals surface area (Å²) in [5.74, 6) is -0.606. The van der Waals surface area contributed by atoms with E-state index in [9.17, 15) is 14.0 Å². The predicted molar refractivity (Wildman–Crippen MR) is 96.8 cm³/mol. The Hall–Kier alpha value is -2.89. The monoisotopic (exact) mass is 343 g/mol. The summed E-state index contributed by atoms with van der Waals surface area (Å²) >= 11 is 0. The minimum Gasteiger partial charge on any atom is -0.374 e. The molecule has 0 heterocycles. The van der Waals surface area contributed by atoms with Crippen LogP contribution < -0.4 is 16.0 Å². The molecule has 2 atom stereocenters. The largest absolute Gasteiger partial charge is 0.374 e. The molecule has 5 nitrogen and oxygen atoms in total. The van der Waals surface area contributed by atoms with Crippen molar-refractivity contribution in [2.45, 2.75) is 32.9 Å². The summed E-state index contributed by atoms with van der Waals surface area (Å²) in [5, 5.41) is 8.68. The maximum Gasteiger partial charge on any atom is 0.242 e. The van der Waals surface area contributed by atoms with Crippen LogP contribution in [0.1, 0.15) is 32.4 Å². The molecule has 0 aliphatic rings. The highest BCUT2D eigenvalue weighted by Crippen LogP contribution is 2.16. The molecular formula is C19H22FN3O2. The Morgan fingerprint density at radius 2 is 1.48 bits per heavy atom. The van der Waals surface area contributed by atoms with Crippen molar-refractivity contribution in [3.05, 3.63) is 59.9 Å². The number of amides is 2. The number of carbonyl (C=O) groups excluding carboxylic acids is 2. The molecule has 132 valence electrons. The Morgan fingerprint density at radius 3 is 2.04 bits per heavy atom. The van der Waals surface area contributed by atoms with E-state index in [1.54, 1.807) is 43.3 Å². The van der Waals surface area contributed by atoms with Gasteiger partial charge in [-0.3, -0.25) is 9.59 Å². The molecule has 0 aliphatic heterocycles. The van der Waals surface area contributed by atoms with Crippen molar-refractivity contribution in [2.24, 2.45) is 0 Å². The summed E-state index contributed by atoms with van der Waals surface area (Å²) in [6.45, 7) is 5.05. The topological polar surface area (TPSA) is 70.2 Å². The zero-order chi connectivity index (χ0) is 18.4. The predicted octanol–water partition coefficient (Wildman–Crippen LogP) is 3.46. The fraction of sp³-hybridized carbons (Fsp3) is 0.263. The first-order chi connectivity index (χ1) is 11.8. The molecule has 0 bridgehead atoms. The third-order valence-electron chi connectivity index (χ3n) is 3.71. The van der Waals surface area contributed by atoms with Gasteiger partial charge in [-0.25, -0.2) is 4.39 Å². The molecule has 0 spiro atoms. The van der Waals surface area contributed by atoms with E-state index in [0.29, 0.717) is 5.69 Å². The highest BCUT2D eigenvalue weighted by molar-refractivity contribution is 5.89. The summed E-state index contributed by atoms with van der Waals surface area (Å²) in [4.78, 5) is 23.3. The maximum atomic E-state index is 13.0. The van der Waals surface area contributed by atoms with Crippen LogP contribution in [0.5, 0.6) is 0 Å². The molecule has 0 saturated carbocycles. The molecule has 2 rings (SSSR count). The van der Waals surface area contributed by atoms with Crippen LogP contribution in [0.25, 0.3) is 0 Å². The molecule has 0 aliphatic carbocycles. The molecule has 0 aromatic heterocycles. The van der Waals surface area contributed by atoms with Crippen LogP contribution in [-0.2, 0) is 9.59 Å². The van der Waals surface area contributed by atoms with E-state index in [4.69, 9.17) is 0 Å². The van der Waals surface area contributed by atoms with Gasteiger partial charge in [0.2, 0.25) is 11.8 Å². The first-order valence-corrected chi connectivity index (χ1v) is 8.05. The van der Waals surface area contributed by atoms with Gasteiger partial charge in [0.15, 0.2) is 0 Å². The van der Waals surface area contributed by atoms with E-state index >= 15 is 0 Å². The van der Waals surface area contributed by atoms with E-state index in [-0.39, 0.29) is 23.7 Å². The first-order valence-electron chi connectivity index (χ1n) is 8.05. The quantitative estimate of drug-likeness (QED) is 0.752. The van der Waals surface area contributed by atoms with Crippen molar-refractivity contribution in [3.63, 3.8) is 0 Å². The summed E-state index contributed by atoms with van der Waals surface area (Å²) in [6.07, 6.45) is 0. The van der Waals surface area contributed by atoms with Gasteiger partial charge < -0.3 is 16.0 Å². The number of nitrogens with one attached hydrogen (secondary N) is 3. The zero-order valence-electron chi connectivity index (χ0n) is 14.5. The Labute approximate surface area is 146 Å². The number of carbonyl (C=O) groups is 2. The summed E-state index contributed by atoms with van der Waals surface area (Å²) in [5.41, 5.74) is 2.30. The van der Waals surface area contributed by atoms with Crippen LogP contribution in [0, 0.1) is 5.82 Å². The zero-order valence-corrected chi connectivity index (χ0v) is 14.5. The third-order valence-corrected chi connectivity index (χ3v) is 3.71. The molecule has 3 N–H and O–H groups in total. The molecule has 2 amide bonds. The van der Waals surface area contributed by atoms with E-state index in [1.165, 1.54) is 19.1 Å².